The topological polar surface area (TPSA) is 92.8 Å². The Morgan fingerprint density at radius 3 is 2.50 bits per heavy atom. The molecule has 28 heavy (non-hydrogen) atoms. The molecule has 0 atom stereocenters. The lowest BCUT2D eigenvalue weighted by molar-refractivity contribution is -0.116. The highest BCUT2D eigenvalue weighted by Gasteiger charge is 2.22. The van der Waals surface area contributed by atoms with Crippen LogP contribution in [0.25, 0.3) is 0 Å². The first-order chi connectivity index (χ1) is 13.1. The Morgan fingerprint density at radius 1 is 1.21 bits per heavy atom. The second-order valence-corrected chi connectivity index (χ2v) is 8.25. The molecule has 2 aromatic carbocycles. The van der Waals surface area contributed by atoms with Crippen molar-refractivity contribution in [3.05, 3.63) is 64.4 Å². The van der Waals surface area contributed by atoms with Crippen LogP contribution in [0.15, 0.2) is 42.5 Å². The van der Waals surface area contributed by atoms with E-state index in [0.717, 1.165) is 10.6 Å². The van der Waals surface area contributed by atoms with E-state index in [4.69, 9.17) is 11.6 Å². The van der Waals surface area contributed by atoms with E-state index in [1.807, 2.05) is 0 Å². The van der Waals surface area contributed by atoms with Crippen molar-refractivity contribution < 1.29 is 27.1 Å². The molecule has 7 nitrogen and oxygen atoms in total. The number of esters is 1. The van der Waals surface area contributed by atoms with Crippen LogP contribution < -0.4 is 5.32 Å². The molecule has 150 valence electrons. The molecule has 1 amide bonds. The summed E-state index contributed by atoms with van der Waals surface area (Å²) >= 11 is 6.02. The van der Waals surface area contributed by atoms with Gasteiger partial charge in [0.2, 0.25) is 15.9 Å². The van der Waals surface area contributed by atoms with Gasteiger partial charge in [-0.2, -0.15) is 4.31 Å². The average molecular weight is 429 g/mol. The zero-order valence-electron chi connectivity index (χ0n) is 15.1. The highest BCUT2D eigenvalue weighted by molar-refractivity contribution is 7.88. The Hall–Kier alpha value is -2.49. The van der Waals surface area contributed by atoms with Crippen LogP contribution in [0.3, 0.4) is 0 Å². The van der Waals surface area contributed by atoms with Crippen molar-refractivity contribution >= 4 is 39.2 Å². The van der Waals surface area contributed by atoms with Crippen LogP contribution in [0.4, 0.5) is 10.1 Å². The second-order valence-electron chi connectivity index (χ2n) is 5.86. The van der Waals surface area contributed by atoms with Gasteiger partial charge in [-0.05, 0) is 24.3 Å². The summed E-state index contributed by atoms with van der Waals surface area (Å²) in [4.78, 5) is 24.0. The lowest BCUT2D eigenvalue weighted by Gasteiger charge is -2.20. The summed E-state index contributed by atoms with van der Waals surface area (Å²) in [5, 5.41) is 2.61. The maximum atomic E-state index is 13.8. The molecule has 1 N–H and O–H groups in total. The molecule has 2 rings (SSSR count). The lowest BCUT2D eigenvalue weighted by Crippen LogP contribution is -2.37. The standard InChI is InChI=1S/C18H18ClFN2O5S/c1-27-18(24)12-7-8-14(19)16(9-12)21-17(23)11-22(28(2,25)26)10-13-5-3-4-6-15(13)20/h3-9H,10-11H2,1-2H3,(H,21,23). The predicted octanol–water partition coefficient (Wildman–Crippen LogP) is 2.67. The van der Waals surface area contributed by atoms with Gasteiger partial charge < -0.3 is 10.1 Å². The molecular formula is C18H18ClFN2O5S. The number of hydrogen-bond donors (Lipinski definition) is 1. The molecule has 0 aliphatic heterocycles. The van der Waals surface area contributed by atoms with Crippen LogP contribution in [-0.4, -0.2) is 44.5 Å². The Bertz CT molecular complexity index is 997. The van der Waals surface area contributed by atoms with Gasteiger partial charge in [0.25, 0.3) is 0 Å². The smallest absolute Gasteiger partial charge is 0.337 e. The molecule has 0 saturated heterocycles. The van der Waals surface area contributed by atoms with E-state index >= 15 is 0 Å². The summed E-state index contributed by atoms with van der Waals surface area (Å²) in [5.41, 5.74) is 0.411. The number of rotatable bonds is 7. The normalized spacial score (nSPS) is 11.3. The van der Waals surface area contributed by atoms with E-state index in [1.165, 1.54) is 43.5 Å². The van der Waals surface area contributed by atoms with E-state index in [9.17, 15) is 22.4 Å². The molecule has 0 aliphatic carbocycles. The highest BCUT2D eigenvalue weighted by atomic mass is 35.5. The van der Waals surface area contributed by atoms with Crippen molar-refractivity contribution in [1.82, 2.24) is 4.31 Å². The van der Waals surface area contributed by atoms with Crippen LogP contribution in [-0.2, 0) is 26.1 Å². The molecule has 10 heteroatoms. The van der Waals surface area contributed by atoms with Gasteiger partial charge in [-0.25, -0.2) is 17.6 Å². The summed E-state index contributed by atoms with van der Waals surface area (Å²) in [7, 11) is -2.59. The Labute approximate surface area is 167 Å². The molecule has 0 aromatic heterocycles. The van der Waals surface area contributed by atoms with Crippen LogP contribution in [0.5, 0.6) is 0 Å². The van der Waals surface area contributed by atoms with Crippen molar-refractivity contribution in [3.8, 4) is 0 Å². The number of sulfonamides is 1. The van der Waals surface area contributed by atoms with Crippen LogP contribution in [0, 0.1) is 5.82 Å². The van der Waals surface area contributed by atoms with E-state index in [2.05, 4.69) is 10.1 Å². The number of nitrogens with zero attached hydrogens (tertiary/aromatic N) is 1. The van der Waals surface area contributed by atoms with Crippen LogP contribution >= 0.6 is 11.6 Å². The van der Waals surface area contributed by atoms with Gasteiger partial charge >= 0.3 is 5.97 Å². The lowest BCUT2D eigenvalue weighted by atomic mass is 10.2. The molecule has 0 spiro atoms. The molecule has 0 bridgehead atoms. The van der Waals surface area contributed by atoms with Crippen LogP contribution in [0.2, 0.25) is 5.02 Å². The first kappa shape index (κ1) is 21.8. The monoisotopic (exact) mass is 428 g/mol. The molecular weight excluding hydrogens is 411 g/mol. The SMILES string of the molecule is COC(=O)c1ccc(Cl)c(NC(=O)CN(Cc2ccccc2F)S(C)(=O)=O)c1. The van der Waals surface area contributed by atoms with E-state index in [-0.39, 0.29) is 28.4 Å². The largest absolute Gasteiger partial charge is 0.465 e. The van der Waals surface area contributed by atoms with Crippen molar-refractivity contribution in [2.45, 2.75) is 6.54 Å². The number of anilines is 1. The van der Waals surface area contributed by atoms with Gasteiger partial charge in [-0.15, -0.1) is 0 Å². The van der Waals surface area contributed by atoms with Crippen molar-refractivity contribution in [3.63, 3.8) is 0 Å². The summed E-state index contributed by atoms with van der Waals surface area (Å²) < 4.78 is 43.3. The zero-order chi connectivity index (χ0) is 20.9. The van der Waals surface area contributed by atoms with Crippen LogP contribution in [0.1, 0.15) is 15.9 Å². The predicted molar refractivity (Wildman–Crippen MR) is 103 cm³/mol. The number of methoxy groups -OCH3 is 1. The van der Waals surface area contributed by atoms with Gasteiger partial charge in [0.1, 0.15) is 5.82 Å². The minimum Gasteiger partial charge on any atom is -0.465 e. The zero-order valence-corrected chi connectivity index (χ0v) is 16.7. The maximum absolute atomic E-state index is 13.8. The number of nitrogens with one attached hydrogen (secondary N) is 1. The third kappa shape index (κ3) is 5.75. The number of halogens is 2. The van der Waals surface area contributed by atoms with E-state index < -0.39 is 34.3 Å². The van der Waals surface area contributed by atoms with E-state index in [1.54, 1.807) is 6.07 Å². The Balaban J connectivity index is 2.19. The third-order valence-corrected chi connectivity index (χ3v) is 5.28. The summed E-state index contributed by atoms with van der Waals surface area (Å²) in [5.74, 6) is -1.90. The molecule has 0 saturated carbocycles. The summed E-state index contributed by atoms with van der Waals surface area (Å²) in [6.45, 7) is -0.874. The Morgan fingerprint density at radius 2 is 1.89 bits per heavy atom. The first-order valence-electron chi connectivity index (χ1n) is 7.98. The summed E-state index contributed by atoms with van der Waals surface area (Å²) in [6, 6.07) is 9.81. The van der Waals surface area contributed by atoms with E-state index in [0.29, 0.717) is 0 Å². The molecule has 0 fully saturated rings. The number of hydrogen-bond acceptors (Lipinski definition) is 5. The van der Waals surface area contributed by atoms with Crippen molar-refractivity contribution in [2.24, 2.45) is 0 Å². The fourth-order valence-corrected chi connectivity index (χ4v) is 3.21. The van der Waals surface area contributed by atoms with Gasteiger partial charge in [0.15, 0.2) is 0 Å². The van der Waals surface area contributed by atoms with Crippen molar-refractivity contribution in [2.75, 3.05) is 25.2 Å². The molecule has 0 unspecified atom stereocenters. The highest BCUT2D eigenvalue weighted by Crippen LogP contribution is 2.23. The van der Waals surface area contributed by atoms with Gasteiger partial charge in [0.05, 0.1) is 36.2 Å². The minimum absolute atomic E-state index is 0.119. The number of benzene rings is 2. The molecule has 0 heterocycles. The molecule has 2 aromatic rings. The second kappa shape index (κ2) is 9.13. The number of ether oxygens (including phenoxy) is 1. The van der Waals surface area contributed by atoms with Gasteiger partial charge in [-0.3, -0.25) is 4.79 Å². The number of carbonyl (C=O) groups is 2. The van der Waals surface area contributed by atoms with Gasteiger partial charge in [0, 0.05) is 12.1 Å². The van der Waals surface area contributed by atoms with Crippen molar-refractivity contribution in [1.29, 1.82) is 0 Å². The first-order valence-corrected chi connectivity index (χ1v) is 10.2. The fraction of sp³-hybridized carbons (Fsp3) is 0.222. The number of carbonyl (C=O) groups excluding carboxylic acids is 2. The van der Waals surface area contributed by atoms with Gasteiger partial charge in [-0.1, -0.05) is 29.8 Å². The Kier molecular flexibility index (Phi) is 7.11. The maximum Gasteiger partial charge on any atom is 0.337 e. The quantitative estimate of drug-likeness (QED) is 0.684. The number of amides is 1. The summed E-state index contributed by atoms with van der Waals surface area (Å²) in [6.07, 6.45) is 0.923. The minimum atomic E-state index is -3.80. The molecule has 0 aliphatic rings. The third-order valence-electron chi connectivity index (χ3n) is 3.76. The average Bonchev–Trinajstić information content (AvgIpc) is 2.63. The molecule has 0 radical (unpaired) electrons. The fourth-order valence-electron chi connectivity index (χ4n) is 2.32.